The van der Waals surface area contributed by atoms with E-state index >= 15 is 0 Å². The minimum Gasteiger partial charge on any atom is -0.494 e. The van der Waals surface area contributed by atoms with Crippen LogP contribution >= 0.6 is 0 Å². The molecule has 1 aliphatic heterocycles. The second kappa shape index (κ2) is 10.0. The maximum atomic E-state index is 5.96. The van der Waals surface area contributed by atoms with Crippen molar-refractivity contribution < 1.29 is 9.47 Å². The van der Waals surface area contributed by atoms with Gasteiger partial charge in [0.15, 0.2) is 5.65 Å². The van der Waals surface area contributed by atoms with E-state index in [0.29, 0.717) is 6.61 Å². The van der Waals surface area contributed by atoms with Crippen molar-refractivity contribution in [3.8, 4) is 33.8 Å². The number of fused-ring (bicyclic) bond motifs is 1. The van der Waals surface area contributed by atoms with Crippen LogP contribution in [0, 0.1) is 0 Å². The molecule has 33 heavy (non-hydrogen) atoms. The second-order valence-electron chi connectivity index (χ2n) is 8.41. The Morgan fingerprint density at radius 1 is 0.848 bits per heavy atom. The van der Waals surface area contributed by atoms with Crippen molar-refractivity contribution in [3.63, 3.8) is 0 Å². The molecule has 6 heteroatoms. The lowest BCUT2D eigenvalue weighted by Gasteiger charge is -2.26. The second-order valence-corrected chi connectivity index (χ2v) is 8.41. The zero-order chi connectivity index (χ0) is 22.5. The Bertz CT molecular complexity index is 1200. The average molecular weight is 443 g/mol. The molecule has 1 saturated heterocycles. The molecule has 0 aliphatic carbocycles. The van der Waals surface area contributed by atoms with Crippen LogP contribution in [0.25, 0.3) is 27.9 Å². The third-order valence-electron chi connectivity index (χ3n) is 6.13. The van der Waals surface area contributed by atoms with Crippen LogP contribution in [-0.2, 0) is 0 Å². The van der Waals surface area contributed by atoms with Crippen LogP contribution in [0.4, 0.5) is 0 Å². The zero-order valence-corrected chi connectivity index (χ0v) is 19.1. The van der Waals surface area contributed by atoms with E-state index in [9.17, 15) is 0 Å². The molecule has 5 rings (SSSR count). The van der Waals surface area contributed by atoms with Gasteiger partial charge < -0.3 is 9.47 Å². The van der Waals surface area contributed by atoms with Gasteiger partial charge in [0.05, 0.1) is 12.8 Å². The molecule has 0 amide bonds. The monoisotopic (exact) mass is 442 g/mol. The molecule has 6 nitrogen and oxygen atoms in total. The van der Waals surface area contributed by atoms with E-state index in [1.165, 1.54) is 32.4 Å². The van der Waals surface area contributed by atoms with Crippen LogP contribution in [0.3, 0.4) is 0 Å². The van der Waals surface area contributed by atoms with E-state index in [4.69, 9.17) is 14.5 Å². The molecule has 0 N–H and O–H groups in total. The van der Waals surface area contributed by atoms with Crippen LogP contribution in [0.5, 0.6) is 11.5 Å². The van der Waals surface area contributed by atoms with Crippen molar-refractivity contribution in [2.45, 2.75) is 26.2 Å². The summed E-state index contributed by atoms with van der Waals surface area (Å²) in [4.78, 5) is 7.21. The lowest BCUT2D eigenvalue weighted by Crippen LogP contribution is -2.33. The zero-order valence-electron chi connectivity index (χ0n) is 19.1. The first-order valence-corrected chi connectivity index (χ1v) is 11.8. The van der Waals surface area contributed by atoms with Gasteiger partial charge in [-0.3, -0.25) is 4.90 Å². The van der Waals surface area contributed by atoms with Gasteiger partial charge >= 0.3 is 0 Å². The summed E-state index contributed by atoms with van der Waals surface area (Å²) in [5.41, 5.74) is 4.95. The molecule has 0 radical (unpaired) electrons. The highest BCUT2D eigenvalue weighted by Gasteiger charge is 2.11. The molecule has 0 saturated carbocycles. The predicted molar refractivity (Wildman–Crippen MR) is 131 cm³/mol. The first-order chi connectivity index (χ1) is 16.3. The molecular formula is C27H30N4O2. The highest BCUT2D eigenvalue weighted by atomic mass is 16.5. The highest BCUT2D eigenvalue weighted by molar-refractivity contribution is 5.78. The summed E-state index contributed by atoms with van der Waals surface area (Å²) < 4.78 is 13.4. The van der Waals surface area contributed by atoms with Crippen LogP contribution in [0.2, 0.25) is 0 Å². The van der Waals surface area contributed by atoms with E-state index in [1.54, 1.807) is 0 Å². The summed E-state index contributed by atoms with van der Waals surface area (Å²) in [5, 5.41) is 4.54. The Labute approximate surface area is 194 Å². The third kappa shape index (κ3) is 5.01. The number of hydrogen-bond acceptors (Lipinski definition) is 5. The normalized spacial score (nSPS) is 14.5. The van der Waals surface area contributed by atoms with Gasteiger partial charge in [-0.1, -0.05) is 30.7 Å². The summed E-state index contributed by atoms with van der Waals surface area (Å²) in [6.45, 7) is 6.75. The maximum absolute atomic E-state index is 5.96. The largest absolute Gasteiger partial charge is 0.494 e. The Kier molecular flexibility index (Phi) is 6.53. The summed E-state index contributed by atoms with van der Waals surface area (Å²) in [7, 11) is 0. The molecule has 1 aliphatic rings. The molecule has 4 aromatic rings. The number of benzene rings is 2. The Balaban J connectivity index is 1.28. The molecule has 1 fully saturated rings. The quantitative estimate of drug-likeness (QED) is 0.369. The van der Waals surface area contributed by atoms with Crippen LogP contribution in [0.1, 0.15) is 26.2 Å². The number of aromatic nitrogens is 3. The summed E-state index contributed by atoms with van der Waals surface area (Å²) >= 11 is 0. The molecule has 0 atom stereocenters. The Morgan fingerprint density at radius 2 is 1.70 bits per heavy atom. The highest BCUT2D eigenvalue weighted by Crippen LogP contribution is 2.28. The van der Waals surface area contributed by atoms with Crippen molar-refractivity contribution in [1.29, 1.82) is 0 Å². The van der Waals surface area contributed by atoms with Gasteiger partial charge in [-0.25, -0.2) is 9.50 Å². The summed E-state index contributed by atoms with van der Waals surface area (Å²) in [6.07, 6.45) is 9.76. The molecule has 3 heterocycles. The van der Waals surface area contributed by atoms with E-state index < -0.39 is 0 Å². The standard InChI is InChI=1S/C27H30N4O2/c1-2-32-25-8-6-7-22(17-25)26-19-29-31-20-23(18-28-27(26)31)21-9-11-24(12-10-21)33-16-15-30-13-4-3-5-14-30/h6-12,17-20H,2-5,13-16H2,1H3. The number of ether oxygens (including phenoxy) is 2. The van der Waals surface area contributed by atoms with Gasteiger partial charge in [-0.05, 0) is 68.2 Å². The molecule has 0 spiro atoms. The van der Waals surface area contributed by atoms with Crippen molar-refractivity contribution in [2.75, 3.05) is 32.8 Å². The van der Waals surface area contributed by atoms with Crippen LogP contribution < -0.4 is 9.47 Å². The number of piperidine rings is 1. The van der Waals surface area contributed by atoms with Crippen LogP contribution in [0.15, 0.2) is 67.1 Å². The lowest BCUT2D eigenvalue weighted by molar-refractivity contribution is 0.183. The van der Waals surface area contributed by atoms with E-state index in [0.717, 1.165) is 52.6 Å². The Hall–Kier alpha value is -3.38. The molecular weight excluding hydrogens is 412 g/mol. The van der Waals surface area contributed by atoms with Gasteiger partial charge in [0.25, 0.3) is 0 Å². The minimum atomic E-state index is 0.641. The van der Waals surface area contributed by atoms with Gasteiger partial charge in [0.1, 0.15) is 18.1 Å². The van der Waals surface area contributed by atoms with Crippen molar-refractivity contribution in [1.82, 2.24) is 19.5 Å². The smallest absolute Gasteiger partial charge is 0.162 e. The van der Waals surface area contributed by atoms with Crippen molar-refractivity contribution in [3.05, 3.63) is 67.1 Å². The van der Waals surface area contributed by atoms with Crippen LogP contribution in [-0.4, -0.2) is 52.3 Å². The maximum Gasteiger partial charge on any atom is 0.162 e. The average Bonchev–Trinajstić information content (AvgIpc) is 3.29. The number of rotatable bonds is 8. The van der Waals surface area contributed by atoms with Gasteiger partial charge in [-0.2, -0.15) is 5.10 Å². The van der Waals surface area contributed by atoms with E-state index in [-0.39, 0.29) is 0 Å². The molecule has 0 bridgehead atoms. The number of likely N-dealkylation sites (tertiary alicyclic amines) is 1. The topological polar surface area (TPSA) is 51.9 Å². The Morgan fingerprint density at radius 3 is 2.52 bits per heavy atom. The van der Waals surface area contributed by atoms with Crippen molar-refractivity contribution >= 4 is 5.65 Å². The molecule has 2 aromatic carbocycles. The SMILES string of the molecule is CCOc1cccc(-c2cnn3cc(-c4ccc(OCCN5CCCCC5)cc4)cnc23)c1. The number of nitrogens with zero attached hydrogens (tertiary/aromatic N) is 4. The van der Waals surface area contributed by atoms with Gasteiger partial charge in [0.2, 0.25) is 0 Å². The third-order valence-corrected chi connectivity index (χ3v) is 6.13. The fraction of sp³-hybridized carbons (Fsp3) is 0.333. The van der Waals surface area contributed by atoms with E-state index in [1.807, 2.05) is 60.4 Å². The summed E-state index contributed by atoms with van der Waals surface area (Å²) in [5.74, 6) is 1.75. The number of hydrogen-bond donors (Lipinski definition) is 0. The van der Waals surface area contributed by atoms with Crippen molar-refractivity contribution in [2.24, 2.45) is 0 Å². The first-order valence-electron chi connectivity index (χ1n) is 11.8. The fourth-order valence-corrected chi connectivity index (χ4v) is 4.37. The molecule has 0 unspecified atom stereocenters. The fourth-order valence-electron chi connectivity index (χ4n) is 4.37. The molecule has 2 aromatic heterocycles. The predicted octanol–water partition coefficient (Wildman–Crippen LogP) is 5.33. The first kappa shape index (κ1) is 21.5. The van der Waals surface area contributed by atoms with E-state index in [2.05, 4.69) is 28.2 Å². The minimum absolute atomic E-state index is 0.641. The molecule has 170 valence electrons. The van der Waals surface area contributed by atoms with Gasteiger partial charge in [-0.15, -0.1) is 0 Å². The lowest BCUT2D eigenvalue weighted by atomic mass is 10.1. The summed E-state index contributed by atoms with van der Waals surface area (Å²) in [6, 6.07) is 16.3. The van der Waals surface area contributed by atoms with Gasteiger partial charge in [0, 0.05) is 30.1 Å².